The molecular weight excluding hydrogens is 314 g/mol. The quantitative estimate of drug-likeness (QED) is 0.715. The Balaban J connectivity index is 1.87. The van der Waals surface area contributed by atoms with E-state index >= 15 is 0 Å². The van der Waals surface area contributed by atoms with E-state index in [1.165, 1.54) is 6.33 Å². The Labute approximate surface area is 125 Å². The molecule has 2 aromatic heterocycles. The number of hydrogen-bond acceptors (Lipinski definition) is 5. The zero-order valence-corrected chi connectivity index (χ0v) is 12.2. The molecule has 0 amide bonds. The topological polar surface area (TPSA) is 101 Å². The number of benzene rings is 1. The van der Waals surface area contributed by atoms with E-state index in [0.29, 0.717) is 16.7 Å². The van der Waals surface area contributed by atoms with Crippen molar-refractivity contribution in [3.8, 4) is 0 Å². The second-order valence-corrected chi connectivity index (χ2v) is 6.37. The van der Waals surface area contributed by atoms with Crippen LogP contribution in [0.25, 0.3) is 11.2 Å². The summed E-state index contributed by atoms with van der Waals surface area (Å²) in [6.07, 6.45) is 1.41. The van der Waals surface area contributed by atoms with Crippen LogP contribution in [0, 0.1) is 0 Å². The van der Waals surface area contributed by atoms with Crippen molar-refractivity contribution in [1.82, 2.24) is 19.9 Å². The maximum absolute atomic E-state index is 12.1. The molecule has 0 saturated heterocycles. The minimum absolute atomic E-state index is 0.101. The van der Waals surface area contributed by atoms with Gasteiger partial charge in [0, 0.05) is 0 Å². The van der Waals surface area contributed by atoms with Gasteiger partial charge in [-0.2, -0.15) is 9.97 Å². The van der Waals surface area contributed by atoms with Gasteiger partial charge in [-0.15, -0.1) is 0 Å². The highest BCUT2D eigenvalue weighted by Crippen LogP contribution is 2.19. The van der Waals surface area contributed by atoms with Gasteiger partial charge in [0.1, 0.15) is 5.52 Å². The average Bonchev–Trinajstić information content (AvgIpc) is 2.87. The summed E-state index contributed by atoms with van der Waals surface area (Å²) in [6.45, 7) is 0. The highest BCUT2D eigenvalue weighted by atomic mass is 35.5. The van der Waals surface area contributed by atoms with Crippen molar-refractivity contribution in [1.29, 1.82) is 0 Å². The minimum Gasteiger partial charge on any atom is -0.341 e. The van der Waals surface area contributed by atoms with E-state index in [9.17, 15) is 8.42 Å². The first-order chi connectivity index (χ1) is 10.0. The zero-order valence-electron chi connectivity index (χ0n) is 10.6. The normalized spacial score (nSPS) is 11.7. The second-order valence-electron chi connectivity index (χ2n) is 4.29. The molecule has 0 fully saturated rings. The van der Waals surface area contributed by atoms with Crippen molar-refractivity contribution >= 4 is 38.7 Å². The SMILES string of the molecule is O=S(=O)(Cc1ccccc1)Nc1nc(Cl)c2[nH]cnc2n1. The summed E-state index contributed by atoms with van der Waals surface area (Å²) in [5.41, 5.74) is 1.42. The van der Waals surface area contributed by atoms with E-state index < -0.39 is 10.0 Å². The lowest BCUT2D eigenvalue weighted by Gasteiger charge is -2.06. The maximum atomic E-state index is 12.1. The lowest BCUT2D eigenvalue weighted by Crippen LogP contribution is -2.17. The highest BCUT2D eigenvalue weighted by molar-refractivity contribution is 7.91. The molecule has 108 valence electrons. The molecule has 3 rings (SSSR count). The van der Waals surface area contributed by atoms with Gasteiger partial charge in [0.15, 0.2) is 10.8 Å². The maximum Gasteiger partial charge on any atom is 0.240 e. The molecule has 0 aliphatic carbocycles. The molecule has 0 atom stereocenters. The number of sulfonamides is 1. The number of imidazole rings is 1. The van der Waals surface area contributed by atoms with E-state index in [1.807, 2.05) is 6.07 Å². The second kappa shape index (κ2) is 5.30. The molecule has 0 radical (unpaired) electrons. The van der Waals surface area contributed by atoms with Crippen LogP contribution in [0.4, 0.5) is 5.95 Å². The van der Waals surface area contributed by atoms with Crippen molar-refractivity contribution in [3.63, 3.8) is 0 Å². The van der Waals surface area contributed by atoms with Crippen LogP contribution in [0.1, 0.15) is 5.56 Å². The zero-order chi connectivity index (χ0) is 14.9. The van der Waals surface area contributed by atoms with Gasteiger partial charge in [0.2, 0.25) is 16.0 Å². The molecule has 1 aromatic carbocycles. The molecule has 0 bridgehead atoms. The van der Waals surface area contributed by atoms with Gasteiger partial charge in [0.05, 0.1) is 12.1 Å². The fourth-order valence-corrected chi connectivity index (χ4v) is 3.10. The number of nitrogens with zero attached hydrogens (tertiary/aromatic N) is 3. The number of aromatic nitrogens is 4. The van der Waals surface area contributed by atoms with Gasteiger partial charge in [0.25, 0.3) is 0 Å². The van der Waals surface area contributed by atoms with Crippen molar-refractivity contribution in [3.05, 3.63) is 47.4 Å². The molecule has 0 aliphatic rings. The van der Waals surface area contributed by atoms with Crippen LogP contribution in [0.2, 0.25) is 5.15 Å². The largest absolute Gasteiger partial charge is 0.341 e. The summed E-state index contributed by atoms with van der Waals surface area (Å²) in [4.78, 5) is 14.6. The molecule has 7 nitrogen and oxygen atoms in total. The third-order valence-electron chi connectivity index (χ3n) is 2.69. The van der Waals surface area contributed by atoms with E-state index in [4.69, 9.17) is 11.6 Å². The minimum atomic E-state index is -3.63. The molecule has 2 heterocycles. The summed E-state index contributed by atoms with van der Waals surface area (Å²) < 4.78 is 26.5. The number of halogens is 1. The first-order valence-corrected chi connectivity index (χ1v) is 7.97. The van der Waals surface area contributed by atoms with E-state index in [0.717, 1.165) is 0 Å². The van der Waals surface area contributed by atoms with Crippen LogP contribution in [0.5, 0.6) is 0 Å². The van der Waals surface area contributed by atoms with Gasteiger partial charge in [-0.1, -0.05) is 41.9 Å². The number of nitrogens with one attached hydrogen (secondary N) is 2. The predicted octanol–water partition coefficient (Wildman–Crippen LogP) is 1.95. The van der Waals surface area contributed by atoms with Crippen LogP contribution in [-0.2, 0) is 15.8 Å². The molecule has 9 heteroatoms. The Morgan fingerprint density at radius 2 is 1.95 bits per heavy atom. The molecule has 0 unspecified atom stereocenters. The third kappa shape index (κ3) is 3.11. The van der Waals surface area contributed by atoms with E-state index in [2.05, 4.69) is 24.7 Å². The Hall–Kier alpha value is -2.19. The number of fused-ring (bicyclic) bond motifs is 1. The first-order valence-electron chi connectivity index (χ1n) is 5.94. The van der Waals surface area contributed by atoms with Crippen molar-refractivity contribution in [2.45, 2.75) is 5.75 Å². The number of rotatable bonds is 4. The molecule has 0 aliphatic heterocycles. The van der Waals surface area contributed by atoms with Crippen molar-refractivity contribution in [2.24, 2.45) is 0 Å². The Bertz CT molecular complexity index is 879. The summed E-state index contributed by atoms with van der Waals surface area (Å²) in [6, 6.07) is 8.81. The number of H-pyrrole nitrogens is 1. The number of anilines is 1. The molecule has 0 saturated carbocycles. The van der Waals surface area contributed by atoms with Crippen molar-refractivity contribution < 1.29 is 8.42 Å². The van der Waals surface area contributed by atoms with Crippen LogP contribution < -0.4 is 4.72 Å². The van der Waals surface area contributed by atoms with Gasteiger partial charge in [-0.25, -0.2) is 13.4 Å². The van der Waals surface area contributed by atoms with E-state index in [1.54, 1.807) is 24.3 Å². The standard InChI is InChI=1S/C12H10ClN5O2S/c13-10-9-11(15-7-14-9)17-12(16-10)18-21(19,20)6-8-4-2-1-3-5-8/h1-5,7H,6H2,(H2,14,15,16,17,18). The van der Waals surface area contributed by atoms with Gasteiger partial charge in [-0.05, 0) is 5.56 Å². The van der Waals surface area contributed by atoms with Crippen LogP contribution in [0.15, 0.2) is 36.7 Å². The number of hydrogen-bond donors (Lipinski definition) is 2. The lowest BCUT2D eigenvalue weighted by atomic mass is 10.2. The summed E-state index contributed by atoms with van der Waals surface area (Å²) in [7, 11) is -3.63. The Kier molecular flexibility index (Phi) is 3.48. The fraction of sp³-hybridized carbons (Fsp3) is 0.0833. The smallest absolute Gasteiger partial charge is 0.240 e. The molecular formula is C12H10ClN5O2S. The molecule has 21 heavy (non-hydrogen) atoms. The van der Waals surface area contributed by atoms with Crippen LogP contribution >= 0.6 is 11.6 Å². The van der Waals surface area contributed by atoms with Gasteiger partial charge >= 0.3 is 0 Å². The molecule has 3 aromatic rings. The fourth-order valence-electron chi connectivity index (χ4n) is 1.81. The molecule has 2 N–H and O–H groups in total. The highest BCUT2D eigenvalue weighted by Gasteiger charge is 2.15. The summed E-state index contributed by atoms with van der Waals surface area (Å²) in [5.74, 6) is -0.275. The summed E-state index contributed by atoms with van der Waals surface area (Å²) in [5, 5.41) is 0.106. The van der Waals surface area contributed by atoms with Gasteiger partial charge < -0.3 is 4.98 Å². The van der Waals surface area contributed by atoms with E-state index in [-0.39, 0.29) is 16.9 Å². The first kappa shape index (κ1) is 13.8. The van der Waals surface area contributed by atoms with Gasteiger partial charge in [-0.3, -0.25) is 4.72 Å². The predicted molar refractivity (Wildman–Crippen MR) is 79.4 cm³/mol. The van der Waals surface area contributed by atoms with Crippen molar-refractivity contribution in [2.75, 3.05) is 4.72 Å². The third-order valence-corrected chi connectivity index (χ3v) is 4.17. The lowest BCUT2D eigenvalue weighted by molar-refractivity contribution is 0.600. The average molecular weight is 324 g/mol. The Morgan fingerprint density at radius 1 is 1.19 bits per heavy atom. The molecule has 0 spiro atoms. The van der Waals surface area contributed by atoms with Crippen LogP contribution in [-0.4, -0.2) is 28.4 Å². The summed E-state index contributed by atoms with van der Waals surface area (Å²) >= 11 is 5.94. The van der Waals surface area contributed by atoms with Crippen LogP contribution in [0.3, 0.4) is 0 Å². The monoisotopic (exact) mass is 323 g/mol. The number of aromatic amines is 1. The Morgan fingerprint density at radius 3 is 2.71 bits per heavy atom.